The number of nitrogens with one attached hydrogen (secondary N) is 1. The van der Waals surface area contributed by atoms with Gasteiger partial charge in [-0.2, -0.15) is 0 Å². The Morgan fingerprint density at radius 1 is 1.15 bits per heavy atom. The fraction of sp³-hybridized carbons (Fsp3) is 0.214. The average molecular weight is 402 g/mol. The molecular weight excluding hydrogens is 388 g/mol. The third kappa shape index (κ3) is 3.71. The van der Waals surface area contributed by atoms with Crippen LogP contribution in [0.2, 0.25) is 0 Å². The largest absolute Gasteiger partial charge is 0.496 e. The van der Waals surface area contributed by atoms with E-state index in [0.717, 1.165) is 26.1 Å². The number of ether oxygens (including phenoxy) is 2. The van der Waals surface area contributed by atoms with Crippen LogP contribution in [0.1, 0.15) is 5.69 Å². The first-order valence-corrected chi connectivity index (χ1v) is 7.53. The van der Waals surface area contributed by atoms with Gasteiger partial charge < -0.3 is 14.8 Å². The molecule has 0 spiro atoms. The van der Waals surface area contributed by atoms with Crippen molar-refractivity contribution in [2.45, 2.75) is 6.54 Å². The van der Waals surface area contributed by atoms with E-state index in [0.29, 0.717) is 12.3 Å². The molecule has 0 aliphatic heterocycles. The first kappa shape index (κ1) is 15.3. The summed E-state index contributed by atoms with van der Waals surface area (Å²) in [6, 6.07) is 7.45. The second kappa shape index (κ2) is 7.06. The van der Waals surface area contributed by atoms with E-state index in [-0.39, 0.29) is 0 Å². The summed E-state index contributed by atoms with van der Waals surface area (Å²) in [5, 5.41) is 3.06. The Morgan fingerprint density at radius 3 is 2.55 bits per heavy atom. The van der Waals surface area contributed by atoms with Crippen LogP contribution >= 0.6 is 31.9 Å². The fourth-order valence-electron chi connectivity index (χ4n) is 1.67. The molecule has 2 rings (SSSR count). The van der Waals surface area contributed by atoms with E-state index in [2.05, 4.69) is 42.2 Å². The van der Waals surface area contributed by atoms with Gasteiger partial charge in [-0.25, -0.2) is 0 Å². The Morgan fingerprint density at radius 2 is 1.85 bits per heavy atom. The van der Waals surface area contributed by atoms with Gasteiger partial charge >= 0.3 is 0 Å². The van der Waals surface area contributed by atoms with Crippen molar-refractivity contribution < 1.29 is 9.47 Å². The highest BCUT2D eigenvalue weighted by molar-refractivity contribution is 9.11. The monoisotopic (exact) mass is 400 g/mol. The zero-order chi connectivity index (χ0) is 14.5. The first-order chi connectivity index (χ1) is 9.63. The lowest BCUT2D eigenvalue weighted by molar-refractivity contribution is 0.409. The van der Waals surface area contributed by atoms with Crippen molar-refractivity contribution in [3.63, 3.8) is 0 Å². The molecule has 0 bridgehead atoms. The fourth-order valence-corrected chi connectivity index (χ4v) is 2.56. The van der Waals surface area contributed by atoms with Crippen molar-refractivity contribution in [2.75, 3.05) is 14.2 Å². The minimum atomic E-state index is 0.699. The summed E-state index contributed by atoms with van der Waals surface area (Å²) in [4.78, 5) is 4.25. The van der Waals surface area contributed by atoms with Crippen molar-refractivity contribution in [3.8, 4) is 17.2 Å². The van der Waals surface area contributed by atoms with Gasteiger partial charge in [-0.05, 0) is 57.1 Å². The van der Waals surface area contributed by atoms with E-state index in [4.69, 9.17) is 9.47 Å². The normalized spacial score (nSPS) is 10.4. The highest BCUT2D eigenvalue weighted by Crippen LogP contribution is 2.38. The van der Waals surface area contributed by atoms with Crippen molar-refractivity contribution >= 4 is 31.9 Å². The van der Waals surface area contributed by atoms with Gasteiger partial charge in [0.1, 0.15) is 17.2 Å². The lowest BCUT2D eigenvalue weighted by atomic mass is 10.3. The van der Waals surface area contributed by atoms with Crippen LogP contribution in [0.25, 0.3) is 0 Å². The zero-order valence-electron chi connectivity index (χ0n) is 11.1. The predicted octanol–water partition coefficient (Wildman–Crippen LogP) is 4.13. The molecule has 1 aromatic carbocycles. The summed E-state index contributed by atoms with van der Waals surface area (Å²) in [6.45, 7) is 0.699. The summed E-state index contributed by atoms with van der Waals surface area (Å²) in [6.07, 6.45) is 1.73. The van der Waals surface area contributed by atoms with Crippen LogP contribution in [-0.2, 0) is 6.54 Å². The SMILES string of the molecule is CNCc1cc(Oc2cc(Br)c(OC)cc2Br)ccn1. The molecule has 0 aliphatic rings. The van der Waals surface area contributed by atoms with Gasteiger partial charge in [-0.3, -0.25) is 4.98 Å². The van der Waals surface area contributed by atoms with Gasteiger partial charge in [0.2, 0.25) is 0 Å². The van der Waals surface area contributed by atoms with Crippen molar-refractivity contribution in [1.29, 1.82) is 0 Å². The summed E-state index contributed by atoms with van der Waals surface area (Å²) in [5.74, 6) is 2.19. The van der Waals surface area contributed by atoms with Crippen LogP contribution in [0, 0.1) is 0 Å². The number of pyridine rings is 1. The maximum Gasteiger partial charge on any atom is 0.143 e. The van der Waals surface area contributed by atoms with E-state index in [1.54, 1.807) is 13.3 Å². The molecule has 0 atom stereocenters. The molecule has 0 unspecified atom stereocenters. The van der Waals surface area contributed by atoms with Gasteiger partial charge in [0.05, 0.1) is 21.7 Å². The van der Waals surface area contributed by atoms with E-state index in [9.17, 15) is 0 Å². The molecule has 0 radical (unpaired) electrons. The Labute approximate surface area is 134 Å². The number of hydrogen-bond acceptors (Lipinski definition) is 4. The molecule has 6 heteroatoms. The second-order valence-corrected chi connectivity index (χ2v) is 5.74. The van der Waals surface area contributed by atoms with Crippen LogP contribution in [0.4, 0.5) is 0 Å². The van der Waals surface area contributed by atoms with Crippen LogP contribution in [0.3, 0.4) is 0 Å². The predicted molar refractivity (Wildman–Crippen MR) is 85.5 cm³/mol. The molecule has 0 saturated carbocycles. The molecular formula is C14H14Br2N2O2. The topological polar surface area (TPSA) is 43.4 Å². The number of aromatic nitrogens is 1. The van der Waals surface area contributed by atoms with E-state index in [1.807, 2.05) is 31.3 Å². The smallest absolute Gasteiger partial charge is 0.143 e. The molecule has 106 valence electrons. The quantitative estimate of drug-likeness (QED) is 0.817. The van der Waals surface area contributed by atoms with Crippen molar-refractivity contribution in [2.24, 2.45) is 0 Å². The molecule has 1 N–H and O–H groups in total. The molecule has 0 aliphatic carbocycles. The van der Waals surface area contributed by atoms with Crippen LogP contribution in [0.5, 0.6) is 17.2 Å². The summed E-state index contributed by atoms with van der Waals surface area (Å²) >= 11 is 6.92. The van der Waals surface area contributed by atoms with Gasteiger partial charge in [-0.1, -0.05) is 0 Å². The molecule has 1 aromatic heterocycles. The number of hydrogen-bond donors (Lipinski definition) is 1. The minimum Gasteiger partial charge on any atom is -0.496 e. The Hall–Kier alpha value is -1.11. The Balaban J connectivity index is 2.25. The average Bonchev–Trinajstić information content (AvgIpc) is 2.43. The summed E-state index contributed by atoms with van der Waals surface area (Å²) < 4.78 is 12.8. The Bertz CT molecular complexity index is 606. The van der Waals surface area contributed by atoms with Gasteiger partial charge in [-0.15, -0.1) is 0 Å². The summed E-state index contributed by atoms with van der Waals surface area (Å²) in [5.41, 5.74) is 0.925. The molecule has 20 heavy (non-hydrogen) atoms. The Kier molecular flexibility index (Phi) is 5.39. The number of rotatable bonds is 5. The molecule has 0 fully saturated rings. The molecule has 1 heterocycles. The standard InChI is InChI=1S/C14H14Br2N2O2/c1-17-8-9-5-10(3-4-18-9)20-14-7-11(15)13(19-2)6-12(14)16/h3-7,17H,8H2,1-2H3. The minimum absolute atomic E-state index is 0.699. The van der Waals surface area contributed by atoms with E-state index in [1.165, 1.54) is 0 Å². The first-order valence-electron chi connectivity index (χ1n) is 5.94. The van der Waals surface area contributed by atoms with Gasteiger partial charge in [0.15, 0.2) is 0 Å². The van der Waals surface area contributed by atoms with Crippen LogP contribution in [-0.4, -0.2) is 19.1 Å². The number of methoxy groups -OCH3 is 1. The van der Waals surface area contributed by atoms with Crippen LogP contribution in [0.15, 0.2) is 39.4 Å². The van der Waals surface area contributed by atoms with E-state index >= 15 is 0 Å². The highest BCUT2D eigenvalue weighted by atomic mass is 79.9. The highest BCUT2D eigenvalue weighted by Gasteiger charge is 2.09. The second-order valence-electron chi connectivity index (χ2n) is 4.03. The maximum absolute atomic E-state index is 5.88. The lowest BCUT2D eigenvalue weighted by Gasteiger charge is -2.11. The van der Waals surface area contributed by atoms with Crippen molar-refractivity contribution in [1.82, 2.24) is 10.3 Å². The molecule has 2 aromatic rings. The lowest BCUT2D eigenvalue weighted by Crippen LogP contribution is -2.06. The third-order valence-corrected chi connectivity index (χ3v) is 3.82. The molecule has 0 saturated heterocycles. The number of benzene rings is 1. The summed E-state index contributed by atoms with van der Waals surface area (Å²) in [7, 11) is 3.51. The van der Waals surface area contributed by atoms with Crippen molar-refractivity contribution in [3.05, 3.63) is 45.1 Å². The van der Waals surface area contributed by atoms with Crippen LogP contribution < -0.4 is 14.8 Å². The number of halogens is 2. The third-order valence-electron chi connectivity index (χ3n) is 2.58. The maximum atomic E-state index is 5.88. The number of nitrogens with zero attached hydrogens (tertiary/aromatic N) is 1. The zero-order valence-corrected chi connectivity index (χ0v) is 14.3. The van der Waals surface area contributed by atoms with Gasteiger partial charge in [0.25, 0.3) is 0 Å². The van der Waals surface area contributed by atoms with E-state index < -0.39 is 0 Å². The molecule has 0 amide bonds. The molecule has 4 nitrogen and oxygen atoms in total. The van der Waals surface area contributed by atoms with Gasteiger partial charge in [0, 0.05) is 18.8 Å².